The van der Waals surface area contributed by atoms with Crippen LogP contribution >= 0.6 is 0 Å². The Morgan fingerprint density at radius 2 is 1.80 bits per heavy atom. The number of rotatable bonds is 6. The van der Waals surface area contributed by atoms with Gasteiger partial charge in [-0.05, 0) is 24.3 Å². The van der Waals surface area contributed by atoms with Gasteiger partial charge in [-0.1, -0.05) is 50.2 Å². The largest absolute Gasteiger partial charge is 0.483 e. The van der Waals surface area contributed by atoms with Crippen molar-refractivity contribution in [2.24, 2.45) is 0 Å². The maximum Gasteiger partial charge on any atom is 0.258 e. The smallest absolute Gasteiger partial charge is 0.258 e. The van der Waals surface area contributed by atoms with E-state index in [0.29, 0.717) is 0 Å². The van der Waals surface area contributed by atoms with Crippen molar-refractivity contribution in [2.75, 3.05) is 6.61 Å². The molecule has 106 valence electrons. The van der Waals surface area contributed by atoms with E-state index in [1.807, 2.05) is 42.5 Å². The van der Waals surface area contributed by atoms with Crippen molar-refractivity contribution in [2.45, 2.75) is 32.7 Å². The molecule has 0 heterocycles. The van der Waals surface area contributed by atoms with E-state index >= 15 is 0 Å². The minimum absolute atomic E-state index is 0.0600. The Balaban J connectivity index is 2.01. The number of amides is 1. The first-order chi connectivity index (χ1) is 9.74. The van der Waals surface area contributed by atoms with Crippen molar-refractivity contribution >= 4 is 16.7 Å². The molecular weight excluding hydrogens is 250 g/mol. The molecule has 1 N–H and O–H groups in total. The molecule has 1 amide bonds. The molecule has 3 heteroatoms. The lowest BCUT2D eigenvalue weighted by Crippen LogP contribution is -2.37. The van der Waals surface area contributed by atoms with E-state index in [1.54, 1.807) is 0 Å². The number of hydrogen-bond donors (Lipinski definition) is 1. The second kappa shape index (κ2) is 6.94. The fourth-order valence-electron chi connectivity index (χ4n) is 2.23. The quantitative estimate of drug-likeness (QED) is 0.873. The summed E-state index contributed by atoms with van der Waals surface area (Å²) in [6, 6.07) is 14.1. The second-order valence-corrected chi connectivity index (χ2v) is 4.85. The van der Waals surface area contributed by atoms with Gasteiger partial charge in [0.25, 0.3) is 5.91 Å². The topological polar surface area (TPSA) is 38.3 Å². The Bertz CT molecular complexity index is 571. The number of carbonyl (C=O) groups excluding carboxylic acids is 1. The van der Waals surface area contributed by atoms with Crippen molar-refractivity contribution < 1.29 is 9.53 Å². The Kier molecular flexibility index (Phi) is 4.99. The second-order valence-electron chi connectivity index (χ2n) is 4.85. The summed E-state index contributed by atoms with van der Waals surface area (Å²) in [5, 5.41) is 5.12. The minimum Gasteiger partial charge on any atom is -0.483 e. The van der Waals surface area contributed by atoms with Gasteiger partial charge in [0.15, 0.2) is 6.61 Å². The zero-order valence-corrected chi connectivity index (χ0v) is 12.1. The lowest BCUT2D eigenvalue weighted by molar-refractivity contribution is -0.123. The molecule has 2 aromatic rings. The first-order valence-corrected chi connectivity index (χ1v) is 7.14. The molecule has 0 aliphatic carbocycles. The van der Waals surface area contributed by atoms with Gasteiger partial charge < -0.3 is 10.1 Å². The standard InChI is InChI=1S/C17H21NO2/c1-3-14(4-2)18-17(19)12-20-16-11-7-9-13-8-5-6-10-15(13)16/h5-11,14H,3-4,12H2,1-2H3,(H,18,19). The van der Waals surface area contributed by atoms with Gasteiger partial charge in [0.1, 0.15) is 5.75 Å². The van der Waals surface area contributed by atoms with Crippen LogP contribution in [0.4, 0.5) is 0 Å². The first-order valence-electron chi connectivity index (χ1n) is 7.14. The van der Waals surface area contributed by atoms with Crippen LogP contribution in [0.15, 0.2) is 42.5 Å². The van der Waals surface area contributed by atoms with Crippen LogP contribution < -0.4 is 10.1 Å². The monoisotopic (exact) mass is 271 g/mol. The van der Waals surface area contributed by atoms with Crippen LogP contribution in [-0.2, 0) is 4.79 Å². The van der Waals surface area contributed by atoms with Crippen molar-refractivity contribution in [1.29, 1.82) is 0 Å². The zero-order valence-electron chi connectivity index (χ0n) is 12.1. The molecule has 0 saturated carbocycles. The fraction of sp³-hybridized carbons (Fsp3) is 0.353. The minimum atomic E-state index is -0.0633. The van der Waals surface area contributed by atoms with E-state index < -0.39 is 0 Å². The maximum atomic E-state index is 11.8. The van der Waals surface area contributed by atoms with Gasteiger partial charge in [-0.25, -0.2) is 0 Å². The molecule has 0 unspecified atom stereocenters. The number of nitrogens with one attached hydrogen (secondary N) is 1. The summed E-state index contributed by atoms with van der Waals surface area (Å²) in [6.07, 6.45) is 1.88. The van der Waals surface area contributed by atoms with Gasteiger partial charge in [0, 0.05) is 11.4 Å². The Morgan fingerprint density at radius 1 is 1.10 bits per heavy atom. The predicted molar refractivity (Wildman–Crippen MR) is 82.0 cm³/mol. The normalized spacial score (nSPS) is 10.8. The molecule has 0 fully saturated rings. The van der Waals surface area contributed by atoms with Crippen LogP contribution in [-0.4, -0.2) is 18.6 Å². The number of hydrogen-bond acceptors (Lipinski definition) is 2. The summed E-state index contributed by atoms with van der Waals surface area (Å²) in [4.78, 5) is 11.8. The van der Waals surface area contributed by atoms with E-state index in [9.17, 15) is 4.79 Å². The maximum absolute atomic E-state index is 11.8. The molecule has 2 aromatic carbocycles. The van der Waals surface area contributed by atoms with Crippen molar-refractivity contribution in [1.82, 2.24) is 5.32 Å². The van der Waals surface area contributed by atoms with Crippen molar-refractivity contribution in [3.63, 3.8) is 0 Å². The predicted octanol–water partition coefficient (Wildman–Crippen LogP) is 3.52. The summed E-state index contributed by atoms with van der Waals surface area (Å²) in [7, 11) is 0. The zero-order chi connectivity index (χ0) is 14.4. The number of fused-ring (bicyclic) bond motifs is 1. The van der Waals surface area contributed by atoms with Crippen LogP contribution in [0, 0.1) is 0 Å². The average molecular weight is 271 g/mol. The lowest BCUT2D eigenvalue weighted by Gasteiger charge is -2.15. The molecule has 0 saturated heterocycles. The van der Waals surface area contributed by atoms with E-state index in [1.165, 1.54) is 0 Å². The van der Waals surface area contributed by atoms with E-state index in [-0.39, 0.29) is 18.6 Å². The summed E-state index contributed by atoms with van der Waals surface area (Å²) < 4.78 is 5.66. The molecule has 0 radical (unpaired) electrons. The van der Waals surface area contributed by atoms with Crippen molar-refractivity contribution in [3.05, 3.63) is 42.5 Å². The van der Waals surface area contributed by atoms with Gasteiger partial charge in [-0.15, -0.1) is 0 Å². The summed E-state index contributed by atoms with van der Waals surface area (Å²) in [5.41, 5.74) is 0. The van der Waals surface area contributed by atoms with Gasteiger partial charge in [-0.3, -0.25) is 4.79 Å². The number of carbonyl (C=O) groups is 1. The highest BCUT2D eigenvalue weighted by Gasteiger charge is 2.09. The molecule has 0 aliphatic heterocycles. The molecule has 0 bridgehead atoms. The summed E-state index contributed by atoms with van der Waals surface area (Å²) in [6.45, 7) is 4.20. The lowest BCUT2D eigenvalue weighted by atomic mass is 10.1. The van der Waals surface area contributed by atoms with Crippen LogP contribution in [0.1, 0.15) is 26.7 Å². The molecule has 0 atom stereocenters. The van der Waals surface area contributed by atoms with Crippen LogP contribution in [0.5, 0.6) is 5.75 Å². The van der Waals surface area contributed by atoms with Crippen molar-refractivity contribution in [3.8, 4) is 5.75 Å². The molecule has 0 aromatic heterocycles. The molecule has 0 spiro atoms. The highest BCUT2D eigenvalue weighted by atomic mass is 16.5. The third kappa shape index (κ3) is 3.50. The van der Waals surface area contributed by atoms with E-state index in [4.69, 9.17) is 4.74 Å². The average Bonchev–Trinajstić information content (AvgIpc) is 2.50. The molecule has 2 rings (SSSR count). The first kappa shape index (κ1) is 14.4. The van der Waals surface area contributed by atoms with Gasteiger partial charge in [0.05, 0.1) is 0 Å². The van der Waals surface area contributed by atoms with Gasteiger partial charge in [-0.2, -0.15) is 0 Å². The summed E-state index contributed by atoms with van der Waals surface area (Å²) >= 11 is 0. The number of ether oxygens (including phenoxy) is 1. The Hall–Kier alpha value is -2.03. The van der Waals surface area contributed by atoms with E-state index in [2.05, 4.69) is 19.2 Å². The Labute approximate surface area is 119 Å². The molecular formula is C17H21NO2. The molecule has 0 aliphatic rings. The molecule has 3 nitrogen and oxygen atoms in total. The Morgan fingerprint density at radius 3 is 2.55 bits per heavy atom. The van der Waals surface area contributed by atoms with Gasteiger partial charge >= 0.3 is 0 Å². The SMILES string of the molecule is CCC(CC)NC(=O)COc1cccc2ccccc12. The van der Waals surface area contributed by atoms with Crippen LogP contribution in [0.2, 0.25) is 0 Å². The van der Waals surface area contributed by atoms with Crippen LogP contribution in [0.3, 0.4) is 0 Å². The fourth-order valence-corrected chi connectivity index (χ4v) is 2.23. The summed E-state index contributed by atoms with van der Waals surface area (Å²) in [5.74, 6) is 0.689. The highest BCUT2D eigenvalue weighted by Crippen LogP contribution is 2.24. The third-order valence-electron chi connectivity index (χ3n) is 3.46. The number of benzene rings is 2. The highest BCUT2D eigenvalue weighted by molar-refractivity contribution is 5.88. The van der Waals surface area contributed by atoms with E-state index in [0.717, 1.165) is 29.4 Å². The van der Waals surface area contributed by atoms with Crippen LogP contribution in [0.25, 0.3) is 10.8 Å². The molecule has 20 heavy (non-hydrogen) atoms. The van der Waals surface area contributed by atoms with Gasteiger partial charge in [0.2, 0.25) is 0 Å². The third-order valence-corrected chi connectivity index (χ3v) is 3.46.